The quantitative estimate of drug-likeness (QED) is 0.573. The average Bonchev–Trinajstić information content (AvgIpc) is 2.58. The zero-order valence-corrected chi connectivity index (χ0v) is 9.45. The fourth-order valence-electron chi connectivity index (χ4n) is 1.52. The molecule has 0 aliphatic heterocycles. The van der Waals surface area contributed by atoms with E-state index in [1.54, 1.807) is 0 Å². The molecular formula is C11H11N3S. The Hall–Kier alpha value is -1.47. The van der Waals surface area contributed by atoms with Crippen molar-refractivity contribution in [2.24, 2.45) is 0 Å². The number of pyridine rings is 1. The van der Waals surface area contributed by atoms with Gasteiger partial charge in [-0.05, 0) is 29.8 Å². The van der Waals surface area contributed by atoms with E-state index in [9.17, 15) is 0 Å². The zero-order valence-electron chi connectivity index (χ0n) is 8.64. The first-order chi connectivity index (χ1) is 7.24. The first-order valence-electron chi connectivity index (χ1n) is 4.77. The van der Waals surface area contributed by atoms with Crippen LogP contribution in [0.5, 0.6) is 0 Å². The minimum absolute atomic E-state index is 0.334. The van der Waals surface area contributed by atoms with E-state index in [0.717, 1.165) is 16.1 Å². The number of thiocyanates is 1. The molecule has 2 aromatic rings. The highest BCUT2D eigenvalue weighted by Gasteiger charge is 2.15. The normalized spacial score (nSPS) is 10.8. The third-order valence-electron chi connectivity index (χ3n) is 2.21. The van der Waals surface area contributed by atoms with E-state index in [1.807, 2.05) is 28.9 Å². The molecule has 0 aliphatic carbocycles. The maximum atomic E-state index is 8.78. The van der Waals surface area contributed by atoms with Gasteiger partial charge in [0.25, 0.3) is 0 Å². The predicted octanol–water partition coefficient (Wildman–Crippen LogP) is 3.03. The summed E-state index contributed by atoms with van der Waals surface area (Å²) in [6.07, 6.45) is 1.91. The Balaban J connectivity index is 2.70. The van der Waals surface area contributed by atoms with Crippen molar-refractivity contribution in [1.29, 1.82) is 5.26 Å². The summed E-state index contributed by atoms with van der Waals surface area (Å²) >= 11 is 1.19. The largest absolute Gasteiger partial charge is 0.239 e. The van der Waals surface area contributed by atoms with Gasteiger partial charge >= 0.3 is 0 Å². The molecule has 0 amide bonds. The molecule has 0 bridgehead atoms. The van der Waals surface area contributed by atoms with E-state index >= 15 is 0 Å². The summed E-state index contributed by atoms with van der Waals surface area (Å²) in [5, 5.41) is 15.4. The van der Waals surface area contributed by atoms with Crippen molar-refractivity contribution in [2.75, 3.05) is 0 Å². The Morgan fingerprint density at radius 2 is 2.27 bits per heavy atom. The second-order valence-electron chi connectivity index (χ2n) is 3.59. The highest BCUT2D eigenvalue weighted by molar-refractivity contribution is 8.04. The smallest absolute Gasteiger partial charge is 0.138 e. The minimum Gasteiger partial charge on any atom is -0.239 e. The maximum Gasteiger partial charge on any atom is 0.138 e. The lowest BCUT2D eigenvalue weighted by molar-refractivity contribution is 0.776. The van der Waals surface area contributed by atoms with Crippen LogP contribution in [0.4, 0.5) is 0 Å². The van der Waals surface area contributed by atoms with Gasteiger partial charge in [0, 0.05) is 6.20 Å². The molecule has 76 valence electrons. The molecular weight excluding hydrogens is 206 g/mol. The number of fused-ring (bicyclic) bond motifs is 1. The van der Waals surface area contributed by atoms with E-state index in [-0.39, 0.29) is 0 Å². The molecule has 3 nitrogen and oxygen atoms in total. The van der Waals surface area contributed by atoms with Crippen LogP contribution < -0.4 is 0 Å². The van der Waals surface area contributed by atoms with E-state index in [0.29, 0.717) is 5.92 Å². The van der Waals surface area contributed by atoms with Crippen LogP contribution in [0.3, 0.4) is 0 Å². The first-order valence-corrected chi connectivity index (χ1v) is 5.59. The Kier molecular flexibility index (Phi) is 2.65. The Labute approximate surface area is 92.7 Å². The van der Waals surface area contributed by atoms with Gasteiger partial charge in [0.05, 0.1) is 16.1 Å². The Bertz CT molecular complexity index is 522. The highest BCUT2D eigenvalue weighted by atomic mass is 32.2. The first kappa shape index (κ1) is 10.1. The second kappa shape index (κ2) is 3.95. The summed E-state index contributed by atoms with van der Waals surface area (Å²) in [5.74, 6) is 0.334. The molecule has 0 fully saturated rings. The summed E-state index contributed by atoms with van der Waals surface area (Å²) in [4.78, 5) is 0.980. The van der Waals surface area contributed by atoms with Crippen molar-refractivity contribution >= 4 is 17.3 Å². The van der Waals surface area contributed by atoms with Crippen molar-refractivity contribution in [3.63, 3.8) is 0 Å². The maximum absolute atomic E-state index is 8.78. The molecule has 0 spiro atoms. The van der Waals surface area contributed by atoms with Crippen LogP contribution in [-0.2, 0) is 0 Å². The number of hydrogen-bond donors (Lipinski definition) is 0. The van der Waals surface area contributed by atoms with Gasteiger partial charge in [0.1, 0.15) is 5.40 Å². The van der Waals surface area contributed by atoms with Crippen LogP contribution in [0.1, 0.15) is 25.5 Å². The number of aromatic nitrogens is 2. The lowest BCUT2D eigenvalue weighted by Crippen LogP contribution is -1.90. The molecule has 0 N–H and O–H groups in total. The summed E-state index contributed by atoms with van der Waals surface area (Å²) < 4.78 is 1.83. The number of hydrogen-bond acceptors (Lipinski definition) is 3. The number of rotatable bonds is 2. The topological polar surface area (TPSA) is 41.1 Å². The SMILES string of the molecule is CC(C)c1nn2ccccc2c1SC#N. The molecule has 2 heterocycles. The van der Waals surface area contributed by atoms with Gasteiger partial charge in [-0.2, -0.15) is 10.4 Å². The number of nitriles is 1. The predicted molar refractivity (Wildman–Crippen MR) is 60.8 cm³/mol. The monoisotopic (exact) mass is 217 g/mol. The van der Waals surface area contributed by atoms with Gasteiger partial charge in [-0.25, -0.2) is 4.52 Å². The molecule has 15 heavy (non-hydrogen) atoms. The van der Waals surface area contributed by atoms with Crippen molar-refractivity contribution < 1.29 is 0 Å². The fraction of sp³-hybridized carbons (Fsp3) is 0.273. The van der Waals surface area contributed by atoms with Gasteiger partial charge in [0.2, 0.25) is 0 Å². The van der Waals surface area contributed by atoms with Crippen molar-refractivity contribution in [1.82, 2.24) is 9.61 Å². The second-order valence-corrected chi connectivity index (χ2v) is 4.39. The van der Waals surface area contributed by atoms with Gasteiger partial charge in [-0.15, -0.1) is 0 Å². The lowest BCUT2D eigenvalue weighted by atomic mass is 10.1. The van der Waals surface area contributed by atoms with Crippen LogP contribution in [0, 0.1) is 10.7 Å². The minimum atomic E-state index is 0.334. The van der Waals surface area contributed by atoms with Crippen LogP contribution in [-0.4, -0.2) is 9.61 Å². The van der Waals surface area contributed by atoms with Crippen molar-refractivity contribution in [3.05, 3.63) is 30.1 Å². The lowest BCUT2D eigenvalue weighted by Gasteiger charge is -2.00. The van der Waals surface area contributed by atoms with Crippen LogP contribution in [0.2, 0.25) is 0 Å². The van der Waals surface area contributed by atoms with E-state index in [2.05, 4.69) is 24.3 Å². The van der Waals surface area contributed by atoms with Gasteiger partial charge in [0.15, 0.2) is 0 Å². The summed E-state index contributed by atoms with van der Waals surface area (Å²) in [5.41, 5.74) is 2.00. The molecule has 2 rings (SSSR count). The fourth-order valence-corrected chi connectivity index (χ4v) is 2.26. The number of nitrogens with zero attached hydrogens (tertiary/aromatic N) is 3. The van der Waals surface area contributed by atoms with Crippen LogP contribution >= 0.6 is 11.8 Å². The molecule has 0 saturated heterocycles. The molecule has 2 aromatic heterocycles. The molecule has 0 unspecified atom stereocenters. The summed E-state index contributed by atoms with van der Waals surface area (Å²) in [6.45, 7) is 4.17. The van der Waals surface area contributed by atoms with Crippen LogP contribution in [0.15, 0.2) is 29.3 Å². The van der Waals surface area contributed by atoms with Gasteiger partial charge < -0.3 is 0 Å². The van der Waals surface area contributed by atoms with Gasteiger partial charge in [-0.3, -0.25) is 0 Å². The van der Waals surface area contributed by atoms with E-state index < -0.39 is 0 Å². The third kappa shape index (κ3) is 1.71. The number of thioether (sulfide) groups is 1. The summed E-state index contributed by atoms with van der Waals surface area (Å²) in [6, 6.07) is 5.88. The zero-order chi connectivity index (χ0) is 10.8. The summed E-state index contributed by atoms with van der Waals surface area (Å²) in [7, 11) is 0. The van der Waals surface area contributed by atoms with Crippen molar-refractivity contribution in [3.8, 4) is 5.40 Å². The molecule has 4 heteroatoms. The van der Waals surface area contributed by atoms with Gasteiger partial charge in [-0.1, -0.05) is 19.9 Å². The molecule has 0 aliphatic rings. The van der Waals surface area contributed by atoms with E-state index in [4.69, 9.17) is 5.26 Å². The Morgan fingerprint density at radius 3 is 2.93 bits per heavy atom. The Morgan fingerprint density at radius 1 is 1.47 bits per heavy atom. The molecule has 0 radical (unpaired) electrons. The van der Waals surface area contributed by atoms with E-state index in [1.165, 1.54) is 11.8 Å². The molecule has 0 aromatic carbocycles. The third-order valence-corrected chi connectivity index (χ3v) is 2.93. The standard InChI is InChI=1S/C11H11N3S/c1-8(2)10-11(15-7-12)9-5-3-4-6-14(9)13-10/h3-6,8H,1-2H3. The van der Waals surface area contributed by atoms with Crippen molar-refractivity contribution in [2.45, 2.75) is 24.7 Å². The molecule has 0 saturated carbocycles. The highest BCUT2D eigenvalue weighted by Crippen LogP contribution is 2.31. The van der Waals surface area contributed by atoms with Crippen LogP contribution in [0.25, 0.3) is 5.52 Å². The average molecular weight is 217 g/mol. The molecule has 0 atom stereocenters.